The summed E-state index contributed by atoms with van der Waals surface area (Å²) in [6, 6.07) is 14.8. The van der Waals surface area contributed by atoms with Crippen LogP contribution in [0.5, 0.6) is 0 Å². The minimum atomic E-state index is -0.131. The molecule has 0 spiro atoms. The third-order valence-corrected chi connectivity index (χ3v) is 4.37. The molecule has 5 heteroatoms. The van der Waals surface area contributed by atoms with E-state index >= 15 is 0 Å². The summed E-state index contributed by atoms with van der Waals surface area (Å²) in [5, 5.41) is 3.48. The van der Waals surface area contributed by atoms with Gasteiger partial charge in [0.05, 0.1) is 0 Å². The van der Waals surface area contributed by atoms with Crippen LogP contribution >= 0.6 is 11.6 Å². The molecule has 0 atom stereocenters. The van der Waals surface area contributed by atoms with E-state index in [0.717, 1.165) is 11.4 Å². The summed E-state index contributed by atoms with van der Waals surface area (Å²) < 4.78 is 0. The Morgan fingerprint density at radius 2 is 1.58 bits per heavy atom. The average molecular weight is 373 g/mol. The van der Waals surface area contributed by atoms with Gasteiger partial charge in [0, 0.05) is 36.3 Å². The first-order chi connectivity index (χ1) is 12.2. The molecule has 2 aromatic rings. The lowest BCUT2D eigenvalue weighted by Crippen LogP contribution is -2.31. The van der Waals surface area contributed by atoms with Crippen LogP contribution in [-0.4, -0.2) is 18.4 Å². The molecular formula is C21H25ClN2O2. The number of anilines is 2. The number of nitrogens with one attached hydrogen (secondary N) is 1. The fourth-order valence-corrected chi connectivity index (χ4v) is 2.71. The monoisotopic (exact) mass is 372 g/mol. The molecule has 2 aromatic carbocycles. The Kier molecular flexibility index (Phi) is 6.43. The van der Waals surface area contributed by atoms with Crippen LogP contribution < -0.4 is 10.2 Å². The summed E-state index contributed by atoms with van der Waals surface area (Å²) in [4.78, 5) is 25.7. The molecule has 0 aliphatic heterocycles. The molecule has 1 N–H and O–H groups in total. The SMILES string of the molecule is CC(=O)N(CCC(=O)Nc1ccc(C(C)(C)C)cc1)c1ccc(Cl)cc1. The van der Waals surface area contributed by atoms with Crippen LogP contribution in [0, 0.1) is 0 Å². The number of carbonyl (C=O) groups excluding carboxylic acids is 2. The largest absolute Gasteiger partial charge is 0.326 e. The van der Waals surface area contributed by atoms with Gasteiger partial charge in [-0.05, 0) is 47.4 Å². The molecule has 0 radical (unpaired) electrons. The highest BCUT2D eigenvalue weighted by Crippen LogP contribution is 2.23. The van der Waals surface area contributed by atoms with E-state index in [1.165, 1.54) is 12.5 Å². The maximum absolute atomic E-state index is 12.2. The summed E-state index contributed by atoms with van der Waals surface area (Å²) in [5.41, 5.74) is 2.76. The van der Waals surface area contributed by atoms with Gasteiger partial charge in [-0.25, -0.2) is 0 Å². The van der Waals surface area contributed by atoms with Gasteiger partial charge in [-0.15, -0.1) is 0 Å². The van der Waals surface area contributed by atoms with Crippen molar-refractivity contribution >= 4 is 34.8 Å². The zero-order valence-electron chi connectivity index (χ0n) is 15.7. The van der Waals surface area contributed by atoms with E-state index in [2.05, 4.69) is 26.1 Å². The predicted octanol–water partition coefficient (Wildman–Crippen LogP) is 5.02. The Morgan fingerprint density at radius 1 is 1.00 bits per heavy atom. The van der Waals surface area contributed by atoms with Crippen LogP contribution in [0.2, 0.25) is 5.02 Å². The fourth-order valence-electron chi connectivity index (χ4n) is 2.58. The van der Waals surface area contributed by atoms with Gasteiger partial charge >= 0.3 is 0 Å². The van der Waals surface area contributed by atoms with Crippen molar-refractivity contribution in [3.63, 3.8) is 0 Å². The van der Waals surface area contributed by atoms with Crippen molar-refractivity contribution < 1.29 is 9.59 Å². The summed E-state index contributed by atoms with van der Waals surface area (Å²) in [7, 11) is 0. The smallest absolute Gasteiger partial charge is 0.226 e. The molecule has 4 nitrogen and oxygen atoms in total. The molecule has 2 amide bonds. The number of hydrogen-bond donors (Lipinski definition) is 1. The van der Waals surface area contributed by atoms with Gasteiger partial charge in [0.1, 0.15) is 0 Å². The zero-order chi connectivity index (χ0) is 19.3. The number of carbonyl (C=O) groups is 2. The third kappa shape index (κ3) is 5.60. The third-order valence-electron chi connectivity index (χ3n) is 4.12. The van der Waals surface area contributed by atoms with Crippen molar-refractivity contribution in [2.45, 2.75) is 39.5 Å². The van der Waals surface area contributed by atoms with Crippen LogP contribution in [-0.2, 0) is 15.0 Å². The Hall–Kier alpha value is -2.33. The molecule has 26 heavy (non-hydrogen) atoms. The number of amides is 2. The molecule has 0 unspecified atom stereocenters. The van der Waals surface area contributed by atoms with Crippen LogP contribution in [0.1, 0.15) is 39.7 Å². The molecule has 0 bridgehead atoms. The van der Waals surface area contributed by atoms with E-state index in [1.807, 2.05) is 24.3 Å². The topological polar surface area (TPSA) is 49.4 Å². The Morgan fingerprint density at radius 3 is 2.08 bits per heavy atom. The lowest BCUT2D eigenvalue weighted by atomic mass is 9.87. The van der Waals surface area contributed by atoms with E-state index < -0.39 is 0 Å². The lowest BCUT2D eigenvalue weighted by Gasteiger charge is -2.21. The van der Waals surface area contributed by atoms with E-state index in [1.54, 1.807) is 29.2 Å². The first-order valence-electron chi connectivity index (χ1n) is 8.61. The second-order valence-corrected chi connectivity index (χ2v) is 7.71. The van der Waals surface area contributed by atoms with E-state index in [-0.39, 0.29) is 23.7 Å². The highest BCUT2D eigenvalue weighted by molar-refractivity contribution is 6.30. The first-order valence-corrected chi connectivity index (χ1v) is 8.98. The second-order valence-electron chi connectivity index (χ2n) is 7.27. The average Bonchev–Trinajstić information content (AvgIpc) is 2.56. The van der Waals surface area contributed by atoms with Crippen molar-refractivity contribution in [3.05, 3.63) is 59.1 Å². The van der Waals surface area contributed by atoms with Gasteiger partial charge in [-0.2, -0.15) is 0 Å². The van der Waals surface area contributed by atoms with Crippen LogP contribution in [0.3, 0.4) is 0 Å². The van der Waals surface area contributed by atoms with Gasteiger partial charge in [0.15, 0.2) is 0 Å². The van der Waals surface area contributed by atoms with Gasteiger partial charge in [0.2, 0.25) is 11.8 Å². The standard InChI is InChI=1S/C21H25ClN2O2/c1-15(25)24(19-11-7-17(22)8-12-19)14-13-20(26)23-18-9-5-16(6-10-18)21(2,3)4/h5-12H,13-14H2,1-4H3,(H,23,26). The molecule has 138 valence electrons. The van der Waals surface area contributed by atoms with Gasteiger partial charge in [-0.3, -0.25) is 9.59 Å². The van der Waals surface area contributed by atoms with Gasteiger partial charge in [-0.1, -0.05) is 44.5 Å². The van der Waals surface area contributed by atoms with Crippen molar-refractivity contribution in [2.75, 3.05) is 16.8 Å². The quantitative estimate of drug-likeness (QED) is 0.801. The maximum Gasteiger partial charge on any atom is 0.226 e. The fraction of sp³-hybridized carbons (Fsp3) is 0.333. The molecule has 0 saturated heterocycles. The molecule has 0 aromatic heterocycles. The summed E-state index contributed by atoms with van der Waals surface area (Å²) >= 11 is 5.89. The number of halogens is 1. The first kappa shape index (κ1) is 20.0. The molecule has 0 fully saturated rings. The normalized spacial score (nSPS) is 11.1. The van der Waals surface area contributed by atoms with Crippen molar-refractivity contribution in [2.24, 2.45) is 0 Å². The molecule has 0 heterocycles. The zero-order valence-corrected chi connectivity index (χ0v) is 16.4. The number of benzene rings is 2. The molecule has 0 aliphatic rings. The molecule has 2 rings (SSSR count). The van der Waals surface area contributed by atoms with Crippen LogP contribution in [0.25, 0.3) is 0 Å². The minimum Gasteiger partial charge on any atom is -0.326 e. The van der Waals surface area contributed by atoms with Gasteiger partial charge in [0.25, 0.3) is 0 Å². The molecule has 0 saturated carbocycles. The van der Waals surface area contributed by atoms with Crippen molar-refractivity contribution in [1.82, 2.24) is 0 Å². The van der Waals surface area contributed by atoms with E-state index in [0.29, 0.717) is 11.6 Å². The second kappa shape index (κ2) is 8.37. The Balaban J connectivity index is 1.96. The highest BCUT2D eigenvalue weighted by Gasteiger charge is 2.15. The number of nitrogens with zero attached hydrogens (tertiary/aromatic N) is 1. The lowest BCUT2D eigenvalue weighted by molar-refractivity contribution is -0.117. The van der Waals surface area contributed by atoms with Crippen molar-refractivity contribution in [3.8, 4) is 0 Å². The summed E-state index contributed by atoms with van der Waals surface area (Å²) in [6.45, 7) is 8.23. The molecule has 0 aliphatic carbocycles. The van der Waals surface area contributed by atoms with Crippen LogP contribution in [0.4, 0.5) is 11.4 Å². The van der Waals surface area contributed by atoms with Crippen LogP contribution in [0.15, 0.2) is 48.5 Å². The Labute approximate surface area is 160 Å². The maximum atomic E-state index is 12.2. The number of rotatable bonds is 5. The predicted molar refractivity (Wildman–Crippen MR) is 108 cm³/mol. The summed E-state index contributed by atoms with van der Waals surface area (Å²) in [6.07, 6.45) is 0.212. The van der Waals surface area contributed by atoms with E-state index in [4.69, 9.17) is 11.6 Å². The van der Waals surface area contributed by atoms with E-state index in [9.17, 15) is 9.59 Å². The van der Waals surface area contributed by atoms with Crippen molar-refractivity contribution in [1.29, 1.82) is 0 Å². The number of hydrogen-bond acceptors (Lipinski definition) is 2. The Bertz CT molecular complexity index is 762. The highest BCUT2D eigenvalue weighted by atomic mass is 35.5. The minimum absolute atomic E-state index is 0.0725. The molecular weight excluding hydrogens is 348 g/mol. The summed E-state index contributed by atoms with van der Waals surface area (Å²) in [5.74, 6) is -0.247. The van der Waals surface area contributed by atoms with Gasteiger partial charge < -0.3 is 10.2 Å².